The molecule has 2 aromatic heterocycles. The van der Waals surface area contributed by atoms with Crippen molar-refractivity contribution in [2.24, 2.45) is 0 Å². The van der Waals surface area contributed by atoms with Crippen LogP contribution in [0.1, 0.15) is 17.0 Å². The normalized spacial score (nSPS) is 13.0. The van der Waals surface area contributed by atoms with Gasteiger partial charge in [0.05, 0.1) is 10.7 Å². The predicted octanol–water partition coefficient (Wildman–Crippen LogP) is 5.15. The first-order valence-corrected chi connectivity index (χ1v) is 7.95. The standard InChI is InChI=1S/C19H13ClN2O/c1-11-9-12-5-2-3-7-14(12)18-21-19-16(22(11)18)10-13-6-4-8-15(20)17(13)23-19/h2-9H,10H2,1H3. The van der Waals surface area contributed by atoms with Gasteiger partial charge in [-0.1, -0.05) is 48.0 Å². The number of halogens is 1. The Hall–Kier alpha value is -2.52. The molecule has 0 amide bonds. The van der Waals surface area contributed by atoms with E-state index in [1.54, 1.807) is 0 Å². The van der Waals surface area contributed by atoms with Crippen LogP contribution >= 0.6 is 11.6 Å². The number of rotatable bonds is 0. The molecule has 2 aromatic carbocycles. The summed E-state index contributed by atoms with van der Waals surface area (Å²) < 4.78 is 8.23. The van der Waals surface area contributed by atoms with Crippen LogP contribution in [0.4, 0.5) is 0 Å². The van der Waals surface area contributed by atoms with Gasteiger partial charge in [-0.3, -0.25) is 4.40 Å². The summed E-state index contributed by atoms with van der Waals surface area (Å²) in [4.78, 5) is 4.76. The number of fused-ring (bicyclic) bond motifs is 6. The molecule has 23 heavy (non-hydrogen) atoms. The van der Waals surface area contributed by atoms with E-state index in [1.165, 1.54) is 5.39 Å². The molecule has 3 heterocycles. The maximum Gasteiger partial charge on any atom is 0.241 e. The van der Waals surface area contributed by atoms with Gasteiger partial charge in [-0.2, -0.15) is 4.98 Å². The maximum absolute atomic E-state index is 6.27. The first-order chi connectivity index (χ1) is 11.2. The highest BCUT2D eigenvalue weighted by Crippen LogP contribution is 2.41. The summed E-state index contributed by atoms with van der Waals surface area (Å²) in [5.41, 5.74) is 4.27. The Kier molecular flexibility index (Phi) is 2.53. The SMILES string of the molecule is Cc1cc2ccccc2c2nc3c(n12)Cc1cccc(Cl)c1O3. The van der Waals surface area contributed by atoms with Crippen molar-refractivity contribution in [2.45, 2.75) is 13.3 Å². The highest BCUT2D eigenvalue weighted by molar-refractivity contribution is 6.32. The zero-order chi connectivity index (χ0) is 15.6. The number of benzene rings is 2. The van der Waals surface area contributed by atoms with Crippen molar-refractivity contribution in [3.63, 3.8) is 0 Å². The van der Waals surface area contributed by atoms with Gasteiger partial charge in [0.2, 0.25) is 5.88 Å². The first-order valence-electron chi connectivity index (χ1n) is 7.57. The number of imidazole rings is 1. The fraction of sp³-hybridized carbons (Fsp3) is 0.105. The average Bonchev–Trinajstić information content (AvgIpc) is 2.93. The molecule has 0 N–H and O–H groups in total. The Bertz CT molecular complexity index is 1100. The van der Waals surface area contributed by atoms with Crippen LogP contribution in [-0.2, 0) is 6.42 Å². The zero-order valence-corrected chi connectivity index (χ0v) is 13.3. The van der Waals surface area contributed by atoms with E-state index < -0.39 is 0 Å². The molecule has 5 rings (SSSR count). The second-order valence-electron chi connectivity index (χ2n) is 5.90. The molecule has 0 saturated carbocycles. The van der Waals surface area contributed by atoms with Gasteiger partial charge in [0.1, 0.15) is 5.65 Å². The summed E-state index contributed by atoms with van der Waals surface area (Å²) in [7, 11) is 0. The van der Waals surface area contributed by atoms with Crippen molar-refractivity contribution in [2.75, 3.05) is 0 Å². The Morgan fingerprint density at radius 1 is 1.13 bits per heavy atom. The van der Waals surface area contributed by atoms with Gasteiger partial charge in [-0.25, -0.2) is 0 Å². The summed E-state index contributed by atoms with van der Waals surface area (Å²) >= 11 is 6.27. The van der Waals surface area contributed by atoms with Crippen LogP contribution in [0.15, 0.2) is 48.5 Å². The van der Waals surface area contributed by atoms with Gasteiger partial charge in [0, 0.05) is 23.1 Å². The maximum atomic E-state index is 6.27. The molecular formula is C19H13ClN2O. The van der Waals surface area contributed by atoms with E-state index in [1.807, 2.05) is 24.3 Å². The number of para-hydroxylation sites is 1. The Morgan fingerprint density at radius 2 is 2.00 bits per heavy atom. The van der Waals surface area contributed by atoms with Crippen LogP contribution in [-0.4, -0.2) is 9.38 Å². The molecule has 0 radical (unpaired) electrons. The number of hydrogen-bond donors (Lipinski definition) is 0. The molecule has 3 nitrogen and oxygen atoms in total. The molecule has 0 spiro atoms. The summed E-state index contributed by atoms with van der Waals surface area (Å²) in [6.07, 6.45) is 0.769. The summed E-state index contributed by atoms with van der Waals surface area (Å²) in [6.45, 7) is 2.11. The van der Waals surface area contributed by atoms with Crippen LogP contribution in [0.5, 0.6) is 11.6 Å². The lowest BCUT2D eigenvalue weighted by Gasteiger charge is -2.18. The van der Waals surface area contributed by atoms with Gasteiger partial charge >= 0.3 is 0 Å². The van der Waals surface area contributed by atoms with Crippen LogP contribution in [0.25, 0.3) is 16.4 Å². The van der Waals surface area contributed by atoms with Crippen LogP contribution < -0.4 is 4.74 Å². The number of nitrogens with zero attached hydrogens (tertiary/aromatic N) is 2. The van der Waals surface area contributed by atoms with Crippen molar-refractivity contribution in [1.82, 2.24) is 9.38 Å². The minimum Gasteiger partial charge on any atom is -0.435 e. The Morgan fingerprint density at radius 3 is 2.91 bits per heavy atom. The summed E-state index contributed by atoms with van der Waals surface area (Å²) in [6, 6.07) is 16.4. The number of pyridine rings is 1. The number of aromatic nitrogens is 2. The number of ether oxygens (including phenoxy) is 1. The van der Waals surface area contributed by atoms with Gasteiger partial charge in [0.25, 0.3) is 0 Å². The second-order valence-corrected chi connectivity index (χ2v) is 6.31. The molecule has 4 aromatic rings. The van der Waals surface area contributed by atoms with Crippen molar-refractivity contribution in [3.05, 3.63) is 70.5 Å². The van der Waals surface area contributed by atoms with Crippen LogP contribution in [0, 0.1) is 6.92 Å². The fourth-order valence-electron chi connectivity index (χ4n) is 3.43. The number of aryl methyl sites for hydroxylation is 1. The van der Waals surface area contributed by atoms with Crippen molar-refractivity contribution >= 4 is 28.0 Å². The predicted molar refractivity (Wildman–Crippen MR) is 91.8 cm³/mol. The fourth-order valence-corrected chi connectivity index (χ4v) is 3.66. The third-order valence-corrected chi connectivity index (χ3v) is 4.76. The monoisotopic (exact) mass is 320 g/mol. The van der Waals surface area contributed by atoms with Crippen LogP contribution in [0.2, 0.25) is 5.02 Å². The molecule has 1 aliphatic rings. The summed E-state index contributed by atoms with van der Waals surface area (Å²) in [5.74, 6) is 1.39. The van der Waals surface area contributed by atoms with Gasteiger partial charge in [0.15, 0.2) is 5.75 Å². The largest absolute Gasteiger partial charge is 0.435 e. The molecule has 0 saturated heterocycles. The highest BCUT2D eigenvalue weighted by atomic mass is 35.5. The van der Waals surface area contributed by atoms with Crippen LogP contribution in [0.3, 0.4) is 0 Å². The molecule has 0 bridgehead atoms. The molecule has 0 atom stereocenters. The lowest BCUT2D eigenvalue weighted by Crippen LogP contribution is -2.06. The van der Waals surface area contributed by atoms with E-state index in [0.29, 0.717) is 10.9 Å². The van der Waals surface area contributed by atoms with E-state index >= 15 is 0 Å². The molecule has 4 heteroatoms. The van der Waals surface area contributed by atoms with Gasteiger partial charge < -0.3 is 4.74 Å². The van der Waals surface area contributed by atoms with Crippen molar-refractivity contribution < 1.29 is 4.74 Å². The minimum atomic E-state index is 0.631. The molecule has 112 valence electrons. The van der Waals surface area contributed by atoms with E-state index in [-0.39, 0.29) is 0 Å². The van der Waals surface area contributed by atoms with Gasteiger partial charge in [-0.05, 0) is 24.4 Å². The van der Waals surface area contributed by atoms with E-state index in [9.17, 15) is 0 Å². The topological polar surface area (TPSA) is 26.5 Å². The Balaban J connectivity index is 1.85. The molecule has 0 fully saturated rings. The lowest BCUT2D eigenvalue weighted by molar-refractivity contribution is 0.443. The molecule has 0 unspecified atom stereocenters. The molecule has 1 aliphatic heterocycles. The first kappa shape index (κ1) is 13.0. The summed E-state index contributed by atoms with van der Waals surface area (Å²) in [5, 5.41) is 2.95. The van der Waals surface area contributed by atoms with Gasteiger partial charge in [-0.15, -0.1) is 0 Å². The second kappa shape index (κ2) is 4.49. The third kappa shape index (κ3) is 1.74. The highest BCUT2D eigenvalue weighted by Gasteiger charge is 2.25. The number of hydrogen-bond acceptors (Lipinski definition) is 2. The van der Waals surface area contributed by atoms with E-state index in [0.717, 1.165) is 40.2 Å². The minimum absolute atomic E-state index is 0.631. The quantitative estimate of drug-likeness (QED) is 0.394. The van der Waals surface area contributed by atoms with E-state index in [2.05, 4.69) is 35.6 Å². The van der Waals surface area contributed by atoms with Crippen molar-refractivity contribution in [1.29, 1.82) is 0 Å². The third-order valence-electron chi connectivity index (χ3n) is 4.46. The van der Waals surface area contributed by atoms with Crippen molar-refractivity contribution in [3.8, 4) is 11.6 Å². The lowest BCUT2D eigenvalue weighted by atomic mass is 10.1. The Labute approximate surface area is 138 Å². The zero-order valence-electron chi connectivity index (χ0n) is 12.5. The molecular weight excluding hydrogens is 308 g/mol. The van der Waals surface area contributed by atoms with E-state index in [4.69, 9.17) is 21.3 Å². The molecule has 0 aliphatic carbocycles. The average molecular weight is 321 g/mol. The smallest absolute Gasteiger partial charge is 0.241 e.